The second-order valence-electron chi connectivity index (χ2n) is 4.30. The molecule has 0 amide bonds. The largest absolute Gasteiger partial charge is 0.326 e. The minimum atomic E-state index is 0.0245. The van der Waals surface area contributed by atoms with E-state index in [-0.39, 0.29) is 5.41 Å². The van der Waals surface area contributed by atoms with Gasteiger partial charge in [0.1, 0.15) is 5.03 Å². The molecule has 0 spiro atoms. The Morgan fingerprint density at radius 2 is 2.25 bits per heavy atom. The molecule has 2 N–H and O–H groups in total. The van der Waals surface area contributed by atoms with Gasteiger partial charge in [-0.2, -0.15) is 5.10 Å². The van der Waals surface area contributed by atoms with Crippen LogP contribution < -0.4 is 5.32 Å². The molecule has 0 aromatic carbocycles. The second kappa shape index (κ2) is 5.08. The number of nitrogens with zero attached hydrogens (tertiary/aromatic N) is 1. The van der Waals surface area contributed by atoms with Gasteiger partial charge in [0.15, 0.2) is 11.8 Å². The van der Waals surface area contributed by atoms with Crippen molar-refractivity contribution >= 4 is 23.5 Å². The molecular formula is C11H15N3OS. The molecule has 0 fully saturated rings. The molecule has 0 bridgehead atoms. The van der Waals surface area contributed by atoms with E-state index in [1.807, 2.05) is 12.3 Å². The third-order valence-corrected chi connectivity index (χ3v) is 2.61. The molecule has 16 heavy (non-hydrogen) atoms. The molecule has 1 heterocycles. The van der Waals surface area contributed by atoms with Gasteiger partial charge >= 0.3 is 0 Å². The average molecular weight is 237 g/mol. The smallest absolute Gasteiger partial charge is 0.179 e. The van der Waals surface area contributed by atoms with E-state index in [1.165, 1.54) is 11.8 Å². The monoisotopic (exact) mass is 237 g/mol. The van der Waals surface area contributed by atoms with Crippen molar-refractivity contribution in [1.82, 2.24) is 10.2 Å². The van der Waals surface area contributed by atoms with Gasteiger partial charge in [0.2, 0.25) is 0 Å². The first-order valence-electron chi connectivity index (χ1n) is 4.84. The lowest BCUT2D eigenvalue weighted by atomic mass is 9.92. The number of carbonyl (C=O) groups excluding carboxylic acids is 1. The fourth-order valence-corrected chi connectivity index (χ4v) is 1.42. The number of nitrogens with one attached hydrogen (secondary N) is 2. The minimum Gasteiger partial charge on any atom is -0.326 e. The predicted octanol–water partition coefficient (Wildman–Crippen LogP) is 2.31. The molecule has 4 nitrogen and oxygen atoms in total. The fraction of sp³-hybridized carbons (Fsp3) is 0.455. The number of aromatic amines is 1. The lowest BCUT2D eigenvalue weighted by Crippen LogP contribution is -2.11. The van der Waals surface area contributed by atoms with Gasteiger partial charge in [-0.3, -0.25) is 5.10 Å². The van der Waals surface area contributed by atoms with Crippen molar-refractivity contribution in [2.24, 2.45) is 0 Å². The highest BCUT2D eigenvalue weighted by molar-refractivity contribution is 8.02. The Labute approximate surface area is 99.2 Å². The molecule has 0 saturated heterocycles. The van der Waals surface area contributed by atoms with Gasteiger partial charge in [-0.25, -0.2) is 4.79 Å². The summed E-state index contributed by atoms with van der Waals surface area (Å²) in [5, 5.41) is 10.7. The lowest BCUT2D eigenvalue weighted by Gasteiger charge is -2.14. The third-order valence-electron chi connectivity index (χ3n) is 2.00. The maximum absolute atomic E-state index is 10.2. The molecule has 1 rings (SSSR count). The van der Waals surface area contributed by atoms with Gasteiger partial charge < -0.3 is 5.32 Å². The van der Waals surface area contributed by atoms with Crippen LogP contribution in [0.2, 0.25) is 0 Å². The summed E-state index contributed by atoms with van der Waals surface area (Å²) >= 11 is 1.38. The number of anilines is 1. The molecule has 1 aromatic heterocycles. The SMILES string of the molecule is CSC(=C=C=O)Nc1cc(C(C)(C)C)[nH]n1. The molecule has 86 valence electrons. The summed E-state index contributed by atoms with van der Waals surface area (Å²) in [5.41, 5.74) is 3.50. The van der Waals surface area contributed by atoms with Crippen LogP contribution in [0.15, 0.2) is 16.8 Å². The predicted molar refractivity (Wildman–Crippen MR) is 67.1 cm³/mol. The standard InChI is InChI=1S/C11H15N3OS/c1-11(2,3)8-7-9(14-13-8)12-10(16-4)5-6-15/h7H,1-4H3,(H2,12,13,14). The highest BCUT2D eigenvalue weighted by Crippen LogP contribution is 2.23. The van der Waals surface area contributed by atoms with Crippen molar-refractivity contribution in [3.8, 4) is 0 Å². The number of H-pyrrole nitrogens is 1. The molecule has 0 aliphatic carbocycles. The Bertz CT molecular complexity index is 446. The van der Waals surface area contributed by atoms with E-state index in [2.05, 4.69) is 42.0 Å². The highest BCUT2D eigenvalue weighted by atomic mass is 32.2. The molecule has 5 heteroatoms. The van der Waals surface area contributed by atoms with Crippen molar-refractivity contribution in [3.05, 3.63) is 22.5 Å². The summed E-state index contributed by atoms with van der Waals surface area (Å²) < 4.78 is 0. The first-order valence-corrected chi connectivity index (χ1v) is 6.07. The van der Waals surface area contributed by atoms with E-state index >= 15 is 0 Å². The Balaban J connectivity index is 2.88. The van der Waals surface area contributed by atoms with Crippen LogP contribution in [0.3, 0.4) is 0 Å². The van der Waals surface area contributed by atoms with E-state index in [9.17, 15) is 4.79 Å². The van der Waals surface area contributed by atoms with E-state index in [4.69, 9.17) is 0 Å². The summed E-state index contributed by atoms with van der Waals surface area (Å²) in [6.45, 7) is 6.29. The number of thioether (sulfide) groups is 1. The average Bonchev–Trinajstić information content (AvgIpc) is 2.65. The third kappa shape index (κ3) is 3.31. The van der Waals surface area contributed by atoms with Crippen LogP contribution in [0.1, 0.15) is 26.5 Å². The van der Waals surface area contributed by atoms with Crippen molar-refractivity contribution in [2.75, 3.05) is 11.6 Å². The zero-order chi connectivity index (χ0) is 12.2. The molecule has 0 atom stereocenters. The Hall–Kier alpha value is -1.41. The van der Waals surface area contributed by atoms with Crippen LogP contribution in [-0.2, 0) is 10.2 Å². The Morgan fingerprint density at radius 1 is 1.56 bits per heavy atom. The molecule has 0 aliphatic heterocycles. The number of rotatable bonds is 3. The zero-order valence-corrected chi connectivity index (χ0v) is 10.7. The van der Waals surface area contributed by atoms with E-state index < -0.39 is 0 Å². The van der Waals surface area contributed by atoms with Crippen molar-refractivity contribution in [2.45, 2.75) is 26.2 Å². The summed E-state index contributed by atoms with van der Waals surface area (Å²) in [5.74, 6) is 2.30. The lowest BCUT2D eigenvalue weighted by molar-refractivity contribution is 0.567. The minimum absolute atomic E-state index is 0.0245. The Kier molecular flexibility index (Phi) is 4.02. The number of hydrogen-bond acceptors (Lipinski definition) is 4. The van der Waals surface area contributed by atoms with Crippen LogP contribution in [0.4, 0.5) is 5.82 Å². The van der Waals surface area contributed by atoms with Gasteiger partial charge in [0, 0.05) is 22.9 Å². The first kappa shape index (κ1) is 12.7. The van der Waals surface area contributed by atoms with Gasteiger partial charge in [0.05, 0.1) is 0 Å². The Morgan fingerprint density at radius 3 is 2.69 bits per heavy atom. The molecular weight excluding hydrogens is 222 g/mol. The summed E-state index contributed by atoms with van der Waals surface area (Å²) in [7, 11) is 0. The maximum Gasteiger partial charge on any atom is 0.179 e. The van der Waals surface area contributed by atoms with E-state index in [1.54, 1.807) is 5.94 Å². The summed E-state index contributed by atoms with van der Waals surface area (Å²) in [4.78, 5) is 10.2. The maximum atomic E-state index is 10.2. The number of aromatic nitrogens is 2. The molecule has 1 aromatic rings. The van der Waals surface area contributed by atoms with Crippen LogP contribution >= 0.6 is 11.8 Å². The highest BCUT2D eigenvalue weighted by Gasteiger charge is 2.16. The normalized spacial score (nSPS) is 10.5. The van der Waals surface area contributed by atoms with Gasteiger partial charge in [-0.1, -0.05) is 20.8 Å². The summed E-state index contributed by atoms with van der Waals surface area (Å²) in [6.07, 6.45) is 1.85. The van der Waals surface area contributed by atoms with Crippen LogP contribution in [0.5, 0.6) is 0 Å². The fourth-order valence-electron chi connectivity index (χ4n) is 1.07. The van der Waals surface area contributed by atoms with Crippen molar-refractivity contribution < 1.29 is 4.79 Å². The van der Waals surface area contributed by atoms with E-state index in [0.29, 0.717) is 10.8 Å². The molecule has 0 saturated carbocycles. The van der Waals surface area contributed by atoms with Gasteiger partial charge in [-0.05, 0) is 6.26 Å². The first-order chi connectivity index (χ1) is 7.47. The molecule has 0 aliphatic rings. The summed E-state index contributed by atoms with van der Waals surface area (Å²) in [6, 6.07) is 1.92. The van der Waals surface area contributed by atoms with E-state index in [0.717, 1.165) is 5.69 Å². The second-order valence-corrected chi connectivity index (χ2v) is 5.12. The topological polar surface area (TPSA) is 57.8 Å². The quantitative estimate of drug-likeness (QED) is 0.625. The number of hydrogen-bond donors (Lipinski definition) is 2. The van der Waals surface area contributed by atoms with Crippen LogP contribution in [0, 0.1) is 0 Å². The van der Waals surface area contributed by atoms with Crippen molar-refractivity contribution in [1.29, 1.82) is 0 Å². The van der Waals surface area contributed by atoms with Crippen molar-refractivity contribution in [3.63, 3.8) is 0 Å². The van der Waals surface area contributed by atoms with Gasteiger partial charge in [-0.15, -0.1) is 11.8 Å². The molecule has 0 radical (unpaired) electrons. The van der Waals surface area contributed by atoms with Crippen LogP contribution in [-0.4, -0.2) is 22.4 Å². The van der Waals surface area contributed by atoms with Gasteiger partial charge in [0.25, 0.3) is 0 Å². The zero-order valence-electron chi connectivity index (χ0n) is 9.84. The molecule has 0 unspecified atom stereocenters. The van der Waals surface area contributed by atoms with Crippen LogP contribution in [0.25, 0.3) is 0 Å².